The lowest BCUT2D eigenvalue weighted by atomic mass is 9.84. The average Bonchev–Trinajstić information content (AvgIpc) is 2.95. The average molecular weight is 516 g/mol. The molecule has 0 aliphatic carbocycles. The molecule has 1 aromatic rings. The molecule has 2 aliphatic rings. The van der Waals surface area contributed by atoms with Crippen molar-refractivity contribution in [1.29, 1.82) is 0 Å². The first-order valence-corrected chi connectivity index (χ1v) is 12.2. The van der Waals surface area contributed by atoms with Crippen molar-refractivity contribution in [3.8, 4) is 0 Å². The predicted molar refractivity (Wildman–Crippen MR) is 104 cm³/mol. The van der Waals surface area contributed by atoms with Crippen molar-refractivity contribution >= 4 is 59.1 Å². The quantitative estimate of drug-likeness (QED) is 0.634. The van der Waals surface area contributed by atoms with Crippen LogP contribution < -0.4 is 10.6 Å². The number of halogens is 2. The van der Waals surface area contributed by atoms with Gasteiger partial charge in [-0.1, -0.05) is 0 Å². The summed E-state index contributed by atoms with van der Waals surface area (Å²) in [7, 11) is -3.54. The highest BCUT2D eigenvalue weighted by molar-refractivity contribution is 9.13. The van der Waals surface area contributed by atoms with Crippen molar-refractivity contribution in [2.45, 2.75) is 41.9 Å². The van der Waals surface area contributed by atoms with Crippen LogP contribution in [0.2, 0.25) is 0 Å². The summed E-state index contributed by atoms with van der Waals surface area (Å²) < 4.78 is 29.1. The SMILES string of the molecule is NC(=O)C1([NH+]2CCCCC2)CCN(S(=O)(=O)c2cc(Br)c(Br)s2)CC1. The molecule has 3 heterocycles. The molecule has 1 amide bonds. The normalized spacial score (nSPS) is 22.8. The highest BCUT2D eigenvalue weighted by Gasteiger charge is 2.50. The van der Waals surface area contributed by atoms with Gasteiger partial charge < -0.3 is 10.6 Å². The number of nitrogens with two attached hydrogens (primary N) is 1. The third-order valence-electron chi connectivity index (χ3n) is 5.40. The molecular weight excluding hydrogens is 494 g/mol. The van der Waals surface area contributed by atoms with E-state index in [1.54, 1.807) is 6.07 Å². The van der Waals surface area contributed by atoms with Gasteiger partial charge in [0.1, 0.15) is 4.21 Å². The van der Waals surface area contributed by atoms with Crippen molar-refractivity contribution in [3.05, 3.63) is 14.3 Å². The standard InChI is InChI=1S/C15H21Br2N3O3S2/c16-11-10-12(24-13(11)17)25(22,23)20-8-4-15(5-9-20,14(18)21)19-6-2-1-3-7-19/h10H,1-9H2,(H2,18,21)/p+1. The number of quaternary nitrogens is 1. The molecule has 2 aliphatic heterocycles. The van der Waals surface area contributed by atoms with E-state index >= 15 is 0 Å². The largest absolute Gasteiger partial charge is 0.364 e. The number of nitrogens with zero attached hydrogens (tertiary/aromatic N) is 1. The van der Waals surface area contributed by atoms with Crippen LogP contribution in [0.3, 0.4) is 0 Å². The van der Waals surface area contributed by atoms with Crippen LogP contribution in [-0.4, -0.2) is 50.3 Å². The molecular formula is C15H22Br2N3O3S2+. The van der Waals surface area contributed by atoms with Gasteiger partial charge in [-0.15, -0.1) is 11.3 Å². The highest BCUT2D eigenvalue weighted by Crippen LogP contribution is 2.37. The van der Waals surface area contributed by atoms with Gasteiger partial charge in [0.2, 0.25) is 0 Å². The minimum Gasteiger partial charge on any atom is -0.364 e. The smallest absolute Gasteiger partial charge is 0.278 e. The van der Waals surface area contributed by atoms with E-state index < -0.39 is 15.6 Å². The van der Waals surface area contributed by atoms with Gasteiger partial charge in [-0.25, -0.2) is 8.42 Å². The van der Waals surface area contributed by atoms with E-state index in [-0.39, 0.29) is 5.91 Å². The third kappa shape index (κ3) is 3.70. The van der Waals surface area contributed by atoms with E-state index in [1.165, 1.54) is 27.0 Å². The number of carbonyl (C=O) groups is 1. The molecule has 3 N–H and O–H groups in total. The van der Waals surface area contributed by atoms with Gasteiger partial charge in [-0.05, 0) is 57.2 Å². The number of likely N-dealkylation sites (tertiary alicyclic amines) is 1. The van der Waals surface area contributed by atoms with Crippen molar-refractivity contribution in [1.82, 2.24) is 4.31 Å². The van der Waals surface area contributed by atoms with E-state index in [9.17, 15) is 13.2 Å². The summed E-state index contributed by atoms with van der Waals surface area (Å²) in [5, 5.41) is 0. The van der Waals surface area contributed by atoms with Crippen LogP contribution >= 0.6 is 43.2 Å². The van der Waals surface area contributed by atoms with Crippen LogP contribution in [0.1, 0.15) is 32.1 Å². The topological polar surface area (TPSA) is 84.9 Å². The van der Waals surface area contributed by atoms with E-state index in [4.69, 9.17) is 5.73 Å². The molecule has 6 nitrogen and oxygen atoms in total. The minimum atomic E-state index is -3.54. The molecule has 2 fully saturated rings. The number of amides is 1. The number of sulfonamides is 1. The van der Waals surface area contributed by atoms with E-state index in [0.29, 0.717) is 30.1 Å². The van der Waals surface area contributed by atoms with Gasteiger partial charge >= 0.3 is 0 Å². The van der Waals surface area contributed by atoms with Gasteiger partial charge in [0.05, 0.1) is 16.9 Å². The fourth-order valence-electron chi connectivity index (χ4n) is 3.92. The molecule has 0 aromatic carbocycles. The lowest BCUT2D eigenvalue weighted by Crippen LogP contribution is -3.22. The zero-order valence-corrected chi connectivity index (χ0v) is 18.6. The zero-order chi connectivity index (χ0) is 18.2. The van der Waals surface area contributed by atoms with Gasteiger partial charge in [-0.2, -0.15) is 4.31 Å². The Morgan fingerprint density at radius 3 is 2.28 bits per heavy atom. The lowest BCUT2D eigenvalue weighted by Gasteiger charge is -2.44. The number of hydrogen-bond donors (Lipinski definition) is 2. The van der Waals surface area contributed by atoms with Crippen molar-refractivity contribution in [2.24, 2.45) is 5.73 Å². The first kappa shape index (κ1) is 19.8. The Balaban J connectivity index is 1.78. The van der Waals surface area contributed by atoms with Crippen LogP contribution in [0.4, 0.5) is 0 Å². The van der Waals surface area contributed by atoms with Gasteiger partial charge in [-0.3, -0.25) is 4.79 Å². The van der Waals surface area contributed by atoms with E-state index in [0.717, 1.165) is 34.2 Å². The van der Waals surface area contributed by atoms with Crippen LogP contribution in [-0.2, 0) is 14.8 Å². The van der Waals surface area contributed by atoms with E-state index in [1.807, 2.05) is 0 Å². The summed E-state index contributed by atoms with van der Waals surface area (Å²) in [5.74, 6) is -0.289. The van der Waals surface area contributed by atoms with Gasteiger partial charge in [0.15, 0.2) is 5.54 Å². The van der Waals surface area contributed by atoms with Crippen LogP contribution in [0, 0.1) is 0 Å². The predicted octanol–water partition coefficient (Wildman–Crippen LogP) is 1.35. The second-order valence-electron chi connectivity index (χ2n) is 6.70. The maximum absolute atomic E-state index is 12.9. The number of hydrogen-bond acceptors (Lipinski definition) is 4. The number of piperidine rings is 2. The van der Waals surface area contributed by atoms with Gasteiger partial charge in [0.25, 0.3) is 15.9 Å². The Bertz CT molecular complexity index is 733. The molecule has 140 valence electrons. The Morgan fingerprint density at radius 1 is 1.20 bits per heavy atom. The summed E-state index contributed by atoms with van der Waals surface area (Å²) in [5.41, 5.74) is 5.16. The molecule has 0 unspecified atom stereocenters. The fraction of sp³-hybridized carbons (Fsp3) is 0.667. The van der Waals surface area contributed by atoms with E-state index in [2.05, 4.69) is 31.9 Å². The van der Waals surface area contributed by atoms with Crippen molar-refractivity contribution in [2.75, 3.05) is 26.2 Å². The van der Waals surface area contributed by atoms with Crippen LogP contribution in [0.25, 0.3) is 0 Å². The minimum absolute atomic E-state index is 0.289. The fourth-order valence-corrected chi connectivity index (χ4v) is 8.34. The summed E-state index contributed by atoms with van der Waals surface area (Å²) in [6.45, 7) is 2.56. The Morgan fingerprint density at radius 2 is 1.80 bits per heavy atom. The molecule has 3 rings (SSSR count). The molecule has 2 saturated heterocycles. The molecule has 1 aromatic heterocycles. The summed E-state index contributed by atoms with van der Waals surface area (Å²) in [6, 6.07) is 1.62. The number of primary amides is 1. The van der Waals surface area contributed by atoms with Gasteiger partial charge in [0, 0.05) is 30.4 Å². The molecule has 0 spiro atoms. The second kappa shape index (κ2) is 7.55. The summed E-state index contributed by atoms with van der Waals surface area (Å²) in [4.78, 5) is 13.5. The summed E-state index contributed by atoms with van der Waals surface area (Å²) >= 11 is 7.88. The Kier molecular flexibility index (Phi) is 5.97. The Hall–Kier alpha value is -0.000000000000000305. The van der Waals surface area contributed by atoms with Crippen molar-refractivity contribution in [3.63, 3.8) is 0 Å². The molecule has 10 heteroatoms. The maximum Gasteiger partial charge on any atom is 0.278 e. The number of nitrogens with one attached hydrogen (secondary N) is 1. The zero-order valence-electron chi connectivity index (χ0n) is 13.8. The first-order chi connectivity index (χ1) is 11.8. The molecule has 25 heavy (non-hydrogen) atoms. The number of carbonyl (C=O) groups excluding carboxylic acids is 1. The number of thiophene rings is 1. The molecule has 0 bridgehead atoms. The first-order valence-electron chi connectivity index (χ1n) is 8.37. The third-order valence-corrected chi connectivity index (χ3v) is 11.0. The number of rotatable bonds is 4. The maximum atomic E-state index is 12.9. The highest BCUT2D eigenvalue weighted by atomic mass is 79.9. The van der Waals surface area contributed by atoms with Crippen LogP contribution in [0.5, 0.6) is 0 Å². The summed E-state index contributed by atoms with van der Waals surface area (Å²) in [6.07, 6.45) is 4.38. The van der Waals surface area contributed by atoms with Crippen LogP contribution in [0.15, 0.2) is 18.5 Å². The van der Waals surface area contributed by atoms with Crippen molar-refractivity contribution < 1.29 is 18.1 Å². The lowest BCUT2D eigenvalue weighted by molar-refractivity contribution is -0.948. The molecule has 0 radical (unpaired) electrons. The second-order valence-corrected chi connectivity index (χ2v) is 12.1. The molecule has 0 atom stereocenters. The molecule has 0 saturated carbocycles. The Labute approximate surface area is 169 Å². The monoisotopic (exact) mass is 514 g/mol.